The molecule has 1 aromatic carbocycles. The van der Waals surface area contributed by atoms with Crippen LogP contribution in [0.2, 0.25) is 5.02 Å². The number of aliphatic hydroxyl groups is 1. The number of halogens is 2. The number of esters is 1. The van der Waals surface area contributed by atoms with Crippen molar-refractivity contribution in [3.05, 3.63) is 54.6 Å². The van der Waals surface area contributed by atoms with Crippen molar-refractivity contribution >= 4 is 62.8 Å². The van der Waals surface area contributed by atoms with Gasteiger partial charge in [-0.2, -0.15) is 0 Å². The Bertz CT molecular complexity index is 1070. The van der Waals surface area contributed by atoms with E-state index in [1.54, 1.807) is 58.0 Å². The number of likely N-dealkylation sites (tertiary alicyclic amines) is 1. The number of rotatable bonds is 13. The van der Waals surface area contributed by atoms with Crippen LogP contribution in [0.25, 0.3) is 0 Å². The van der Waals surface area contributed by atoms with Gasteiger partial charge in [-0.15, -0.1) is 24.9 Å². The molecule has 206 valence electrons. The quantitative estimate of drug-likeness (QED) is 0.149. The van der Waals surface area contributed by atoms with Gasteiger partial charge in [0.15, 0.2) is 0 Å². The van der Waals surface area contributed by atoms with E-state index in [1.165, 1.54) is 0 Å². The zero-order chi connectivity index (χ0) is 27.4. The van der Waals surface area contributed by atoms with Crippen molar-refractivity contribution in [1.29, 1.82) is 0 Å². The van der Waals surface area contributed by atoms with Gasteiger partial charge in [0.05, 0.1) is 23.2 Å². The molecule has 1 N–H and O–H groups in total. The maximum Gasteiger partial charge on any atom is 0.310 e. The van der Waals surface area contributed by atoms with E-state index in [1.807, 2.05) is 0 Å². The predicted octanol–water partition coefficient (Wildman–Crippen LogP) is 4.61. The van der Waals surface area contributed by atoms with Crippen molar-refractivity contribution in [2.75, 3.05) is 31.2 Å². The van der Waals surface area contributed by atoms with E-state index in [0.29, 0.717) is 42.9 Å². The number of unbranched alkanes of at least 4 members (excludes halogenated alkanes) is 2. The molecule has 3 saturated heterocycles. The van der Waals surface area contributed by atoms with Gasteiger partial charge in [-0.1, -0.05) is 39.7 Å². The highest BCUT2D eigenvalue weighted by molar-refractivity contribution is 9.09. The monoisotopic (exact) mass is 624 g/mol. The van der Waals surface area contributed by atoms with Crippen LogP contribution >= 0.6 is 39.3 Å². The molecule has 0 aromatic heterocycles. The number of ether oxygens (including phenoxy) is 1. The Balaban J connectivity index is 1.70. The minimum atomic E-state index is -0.761. The summed E-state index contributed by atoms with van der Waals surface area (Å²) in [5.41, 5.74) is 0.660. The highest BCUT2D eigenvalue weighted by Crippen LogP contribution is 2.68. The Labute approximate surface area is 241 Å². The molecular formula is C28H34BrClN2O5S. The number of carbonyl (C=O) groups is 3. The van der Waals surface area contributed by atoms with Crippen LogP contribution in [0.3, 0.4) is 0 Å². The summed E-state index contributed by atoms with van der Waals surface area (Å²) < 4.78 is 4.87. The normalized spacial score (nSPS) is 29.3. The van der Waals surface area contributed by atoms with E-state index in [4.69, 9.17) is 16.3 Å². The third-order valence-electron chi connectivity index (χ3n) is 7.62. The number of thioether (sulfide) groups is 1. The first-order valence-corrected chi connectivity index (χ1v) is 15.2. The summed E-state index contributed by atoms with van der Waals surface area (Å²) in [7, 11) is 0. The lowest BCUT2D eigenvalue weighted by molar-refractivity contribution is -0.154. The van der Waals surface area contributed by atoms with Gasteiger partial charge < -0.3 is 19.6 Å². The van der Waals surface area contributed by atoms with E-state index >= 15 is 0 Å². The standard InChI is InChI=1S/C28H34BrClN2O5S/c1-3-5-8-16-37-27(36)21-22-25(34)32(14-6-7-15-33)24(28(22)17-20(29)23(21)38-28)26(35)31(13-4-2)19-11-9-18(30)10-12-19/h3-4,9-12,20-24,33H,1-2,5-8,13-17H2/t20?,21-,22+,23-,24?,28?/m1/s1. The molecule has 3 fully saturated rings. The van der Waals surface area contributed by atoms with Crippen LogP contribution in [-0.2, 0) is 19.1 Å². The minimum absolute atomic E-state index is 0.00252. The molecular weight excluding hydrogens is 592 g/mol. The summed E-state index contributed by atoms with van der Waals surface area (Å²) in [4.78, 5) is 45.1. The number of hydrogen-bond donors (Lipinski definition) is 1. The highest BCUT2D eigenvalue weighted by Gasteiger charge is 2.76. The molecule has 6 atom stereocenters. The number of aliphatic hydroxyl groups excluding tert-OH is 1. The molecule has 0 saturated carbocycles. The van der Waals surface area contributed by atoms with Crippen molar-refractivity contribution in [2.24, 2.45) is 11.8 Å². The van der Waals surface area contributed by atoms with Crippen molar-refractivity contribution < 1.29 is 24.2 Å². The van der Waals surface area contributed by atoms with Crippen LogP contribution in [-0.4, -0.2) is 75.0 Å². The Morgan fingerprint density at radius 1 is 1.24 bits per heavy atom. The topological polar surface area (TPSA) is 87.2 Å². The molecule has 1 aromatic rings. The second-order valence-corrected chi connectivity index (χ2v) is 13.1. The summed E-state index contributed by atoms with van der Waals surface area (Å²) in [5.74, 6) is -2.04. The number of carbonyl (C=O) groups excluding carboxylic acids is 3. The van der Waals surface area contributed by atoms with Crippen LogP contribution in [0.4, 0.5) is 5.69 Å². The molecule has 3 heterocycles. The van der Waals surface area contributed by atoms with Crippen molar-refractivity contribution in [3.63, 3.8) is 0 Å². The zero-order valence-corrected chi connectivity index (χ0v) is 24.4. The number of anilines is 1. The van der Waals surface area contributed by atoms with Gasteiger partial charge in [0, 0.05) is 40.5 Å². The van der Waals surface area contributed by atoms with Crippen molar-refractivity contribution in [3.8, 4) is 0 Å². The molecule has 0 aliphatic carbocycles. The highest BCUT2D eigenvalue weighted by atomic mass is 79.9. The summed E-state index contributed by atoms with van der Waals surface area (Å²) >= 11 is 11.5. The molecule has 3 aliphatic heterocycles. The van der Waals surface area contributed by atoms with Crippen molar-refractivity contribution in [1.82, 2.24) is 4.90 Å². The number of fused-ring (bicyclic) bond motifs is 1. The number of amides is 2. The van der Waals surface area contributed by atoms with E-state index in [0.717, 1.165) is 6.42 Å². The Hall–Kier alpha value is -1.81. The van der Waals surface area contributed by atoms with Crippen LogP contribution in [0.15, 0.2) is 49.6 Å². The summed E-state index contributed by atoms with van der Waals surface area (Å²) in [6.45, 7) is 8.40. The van der Waals surface area contributed by atoms with Gasteiger partial charge in [0.25, 0.3) is 5.91 Å². The fraction of sp³-hybridized carbons (Fsp3) is 0.536. The SMILES string of the molecule is C=CCCCOC(=O)[C@H]1[C@@H]2SC3(CC2Br)C(C(=O)N(CC=C)c2ccc(Cl)cc2)N(CCCCO)C(=O)[C@H]13. The molecule has 10 heteroatoms. The predicted molar refractivity (Wildman–Crippen MR) is 155 cm³/mol. The lowest BCUT2D eigenvalue weighted by atomic mass is 9.71. The average Bonchev–Trinajstić information content (AvgIpc) is 3.49. The van der Waals surface area contributed by atoms with Gasteiger partial charge in [-0.05, 0) is 56.4 Å². The van der Waals surface area contributed by atoms with E-state index in [-0.39, 0.29) is 47.6 Å². The third-order valence-corrected chi connectivity index (χ3v) is 11.1. The number of allylic oxidation sites excluding steroid dienone is 1. The number of nitrogens with zero attached hydrogens (tertiary/aromatic N) is 2. The molecule has 3 aliphatic rings. The smallest absolute Gasteiger partial charge is 0.310 e. The van der Waals surface area contributed by atoms with Gasteiger partial charge in [-0.3, -0.25) is 14.4 Å². The molecule has 2 bridgehead atoms. The van der Waals surface area contributed by atoms with E-state index in [2.05, 4.69) is 29.1 Å². The minimum Gasteiger partial charge on any atom is -0.465 e. The maximum atomic E-state index is 14.4. The van der Waals surface area contributed by atoms with Gasteiger partial charge in [0.1, 0.15) is 6.04 Å². The fourth-order valence-corrected chi connectivity index (χ4v) is 9.75. The Kier molecular flexibility index (Phi) is 9.66. The van der Waals surface area contributed by atoms with Crippen LogP contribution in [0.5, 0.6) is 0 Å². The molecule has 3 unspecified atom stereocenters. The first-order chi connectivity index (χ1) is 18.3. The number of hydrogen-bond acceptors (Lipinski definition) is 6. The van der Waals surface area contributed by atoms with E-state index in [9.17, 15) is 19.5 Å². The largest absolute Gasteiger partial charge is 0.465 e. The lowest BCUT2D eigenvalue weighted by Gasteiger charge is -2.37. The van der Waals surface area contributed by atoms with Crippen molar-refractivity contribution in [2.45, 2.75) is 53.0 Å². The first-order valence-electron chi connectivity index (χ1n) is 13.0. The molecule has 38 heavy (non-hydrogen) atoms. The summed E-state index contributed by atoms with van der Waals surface area (Å²) in [6, 6.07) is 6.25. The second kappa shape index (κ2) is 12.6. The molecule has 7 nitrogen and oxygen atoms in total. The number of benzene rings is 1. The van der Waals surface area contributed by atoms with Crippen LogP contribution < -0.4 is 4.90 Å². The lowest BCUT2D eigenvalue weighted by Crippen LogP contribution is -2.55. The van der Waals surface area contributed by atoms with Crippen LogP contribution in [0, 0.1) is 11.8 Å². The third kappa shape index (κ3) is 5.31. The van der Waals surface area contributed by atoms with Crippen LogP contribution in [0.1, 0.15) is 32.1 Å². The molecule has 4 rings (SSSR count). The summed E-state index contributed by atoms with van der Waals surface area (Å²) in [5, 5.41) is 9.77. The summed E-state index contributed by atoms with van der Waals surface area (Å²) in [6.07, 6.45) is 6.51. The molecule has 2 amide bonds. The van der Waals surface area contributed by atoms with Gasteiger partial charge in [0.2, 0.25) is 5.91 Å². The Morgan fingerprint density at radius 2 is 1.97 bits per heavy atom. The molecule has 1 spiro atoms. The van der Waals surface area contributed by atoms with Gasteiger partial charge >= 0.3 is 5.97 Å². The second-order valence-electron chi connectivity index (χ2n) is 9.94. The maximum absolute atomic E-state index is 14.4. The molecule has 0 radical (unpaired) electrons. The fourth-order valence-electron chi connectivity index (χ4n) is 6.03. The van der Waals surface area contributed by atoms with Gasteiger partial charge in [-0.25, -0.2) is 0 Å². The number of alkyl halides is 1. The van der Waals surface area contributed by atoms with E-state index < -0.39 is 22.6 Å². The zero-order valence-electron chi connectivity index (χ0n) is 21.3. The Morgan fingerprint density at radius 3 is 2.63 bits per heavy atom. The average molecular weight is 626 g/mol. The first kappa shape index (κ1) is 29.2.